The largest absolute Gasteiger partial charge is 0.481 e. The van der Waals surface area contributed by atoms with Gasteiger partial charge in [0.25, 0.3) is 0 Å². The van der Waals surface area contributed by atoms with Crippen LogP contribution in [-0.2, 0) is 44.5 Å². The average Bonchev–Trinajstić information content (AvgIpc) is 3.34. The lowest BCUT2D eigenvalue weighted by Crippen LogP contribution is -2.40. The first-order valence-electron chi connectivity index (χ1n) is 23.1. The molecule has 0 bridgehead atoms. The van der Waals surface area contributed by atoms with Crippen molar-refractivity contribution in [1.29, 1.82) is 0 Å². The van der Waals surface area contributed by atoms with Crippen LogP contribution in [-0.4, -0.2) is 60.1 Å². The quantitative estimate of drug-likeness (QED) is 0.0639. The standard InChI is InChI=1S/C27H30O3.C24H24O3.C8H16O3/c1-21(2)30-25(28)26(3,4)20-29-27(22-14-8-5-9-15-22,23-16-10-6-11-17-23)24-18-12-7-13-19-24;1-23(2,22(25)26)18-27-24(19-12-6-3-7-13-19,20-14-8-4-9-15-20)21-16-10-5-11-17-21;1-6(2)11-7(10)8(3,4)5-9/h5-19,21H,20H2,1-4H3;3-17H,18H2,1-2H3,(H,25,26);6,9H,5H2,1-4H3. The van der Waals surface area contributed by atoms with Gasteiger partial charge in [-0.15, -0.1) is 0 Å². The molecule has 9 nitrogen and oxygen atoms in total. The number of rotatable bonds is 18. The van der Waals surface area contributed by atoms with E-state index in [1.54, 1.807) is 41.5 Å². The molecule has 0 unspecified atom stereocenters. The minimum atomic E-state index is -1.01. The van der Waals surface area contributed by atoms with E-state index in [0.29, 0.717) is 0 Å². The summed E-state index contributed by atoms with van der Waals surface area (Å²) in [4.78, 5) is 35.5. The Labute approximate surface area is 404 Å². The smallest absolute Gasteiger partial charge is 0.314 e. The van der Waals surface area contributed by atoms with Gasteiger partial charge >= 0.3 is 17.9 Å². The Hall–Kier alpha value is -6.39. The molecule has 0 saturated carbocycles. The van der Waals surface area contributed by atoms with Crippen molar-refractivity contribution in [2.45, 2.75) is 92.6 Å². The maximum Gasteiger partial charge on any atom is 0.314 e. The number of carboxylic acid groups (broad SMARTS) is 1. The van der Waals surface area contributed by atoms with Gasteiger partial charge in [0, 0.05) is 0 Å². The third kappa shape index (κ3) is 14.1. The summed E-state index contributed by atoms with van der Waals surface area (Å²) < 4.78 is 23.7. The zero-order valence-corrected chi connectivity index (χ0v) is 41.3. The van der Waals surface area contributed by atoms with Crippen LogP contribution >= 0.6 is 0 Å². The molecule has 6 rings (SSSR count). The summed E-state index contributed by atoms with van der Waals surface area (Å²) in [5.74, 6) is -1.50. The second kappa shape index (κ2) is 24.6. The van der Waals surface area contributed by atoms with E-state index in [9.17, 15) is 19.5 Å². The molecule has 0 aliphatic heterocycles. The van der Waals surface area contributed by atoms with Gasteiger partial charge in [-0.2, -0.15) is 0 Å². The Morgan fingerprint density at radius 1 is 0.397 bits per heavy atom. The number of esters is 2. The van der Waals surface area contributed by atoms with Crippen LogP contribution in [0, 0.1) is 16.2 Å². The monoisotopic (exact) mass is 923 g/mol. The number of aliphatic hydroxyl groups excluding tert-OH is 1. The highest BCUT2D eigenvalue weighted by Crippen LogP contribution is 2.43. The summed E-state index contributed by atoms with van der Waals surface area (Å²) in [5, 5.41) is 18.3. The number of carboxylic acids is 1. The van der Waals surface area contributed by atoms with Crippen molar-refractivity contribution in [3.63, 3.8) is 0 Å². The fourth-order valence-corrected chi connectivity index (χ4v) is 7.05. The fourth-order valence-electron chi connectivity index (χ4n) is 7.05. The molecule has 0 saturated heterocycles. The second-order valence-electron chi connectivity index (χ2n) is 19.2. The highest BCUT2D eigenvalue weighted by molar-refractivity contribution is 5.76. The van der Waals surface area contributed by atoms with Crippen LogP contribution in [0.2, 0.25) is 0 Å². The molecule has 0 aliphatic carbocycles. The Balaban J connectivity index is 0.000000245. The molecule has 0 heterocycles. The van der Waals surface area contributed by atoms with Crippen molar-refractivity contribution < 1.29 is 43.5 Å². The maximum absolute atomic E-state index is 12.7. The van der Waals surface area contributed by atoms with Crippen LogP contribution in [0.1, 0.15) is 103 Å². The maximum atomic E-state index is 12.7. The number of ether oxygens (including phenoxy) is 4. The first-order valence-corrected chi connectivity index (χ1v) is 23.1. The van der Waals surface area contributed by atoms with Gasteiger partial charge < -0.3 is 29.2 Å². The third-order valence-electron chi connectivity index (χ3n) is 11.1. The summed E-state index contributed by atoms with van der Waals surface area (Å²) in [7, 11) is 0. The molecule has 0 aromatic heterocycles. The lowest BCUT2D eigenvalue weighted by Gasteiger charge is -2.38. The zero-order chi connectivity index (χ0) is 50.0. The van der Waals surface area contributed by atoms with E-state index in [2.05, 4.69) is 36.4 Å². The number of aliphatic carboxylic acids is 1. The minimum Gasteiger partial charge on any atom is -0.481 e. The van der Waals surface area contributed by atoms with Crippen LogP contribution in [0.3, 0.4) is 0 Å². The van der Waals surface area contributed by atoms with Crippen molar-refractivity contribution in [2.75, 3.05) is 19.8 Å². The van der Waals surface area contributed by atoms with Crippen molar-refractivity contribution in [3.8, 4) is 0 Å². The Bertz CT molecular complexity index is 2220. The second-order valence-corrected chi connectivity index (χ2v) is 19.2. The predicted molar refractivity (Wildman–Crippen MR) is 269 cm³/mol. The molecule has 0 fully saturated rings. The normalized spacial score (nSPS) is 12.0. The van der Waals surface area contributed by atoms with Gasteiger partial charge in [0.2, 0.25) is 0 Å². The van der Waals surface area contributed by atoms with Crippen LogP contribution in [0.25, 0.3) is 0 Å². The van der Waals surface area contributed by atoms with Gasteiger partial charge in [-0.25, -0.2) is 0 Å². The summed E-state index contributed by atoms with van der Waals surface area (Å²) in [6, 6.07) is 60.3. The molecule has 6 aromatic rings. The van der Waals surface area contributed by atoms with E-state index in [1.807, 2.05) is 173 Å². The van der Waals surface area contributed by atoms with Crippen molar-refractivity contribution >= 4 is 17.9 Å². The SMILES string of the molecule is CC(C)(COC(c1ccccc1)(c1ccccc1)c1ccccc1)C(=O)O.CC(C)OC(=O)C(C)(C)CO.CC(C)OC(=O)C(C)(C)COC(c1ccccc1)(c1ccccc1)c1ccccc1. The van der Waals surface area contributed by atoms with Gasteiger partial charge in [0.1, 0.15) is 11.2 Å². The molecular weight excluding hydrogens is 853 g/mol. The number of carbonyl (C=O) groups is 3. The summed E-state index contributed by atoms with van der Waals surface area (Å²) in [6.07, 6.45) is -0.285. The fraction of sp³-hybridized carbons (Fsp3) is 0.339. The van der Waals surface area contributed by atoms with Crippen LogP contribution < -0.4 is 0 Å². The van der Waals surface area contributed by atoms with E-state index < -0.39 is 33.4 Å². The van der Waals surface area contributed by atoms with E-state index >= 15 is 0 Å². The molecule has 0 radical (unpaired) electrons. The lowest BCUT2D eigenvalue weighted by atomic mass is 9.79. The Morgan fingerprint density at radius 2 is 0.618 bits per heavy atom. The van der Waals surface area contributed by atoms with Gasteiger partial charge in [-0.3, -0.25) is 14.4 Å². The third-order valence-corrected chi connectivity index (χ3v) is 11.1. The van der Waals surface area contributed by atoms with E-state index in [1.165, 1.54) is 0 Å². The summed E-state index contributed by atoms with van der Waals surface area (Å²) in [5.41, 5.74) is 1.59. The van der Waals surface area contributed by atoms with E-state index in [4.69, 9.17) is 24.1 Å². The van der Waals surface area contributed by atoms with Crippen molar-refractivity contribution in [2.24, 2.45) is 16.2 Å². The van der Waals surface area contributed by atoms with Crippen molar-refractivity contribution in [3.05, 3.63) is 215 Å². The molecule has 360 valence electrons. The Morgan fingerprint density at radius 3 is 0.824 bits per heavy atom. The molecule has 6 aromatic carbocycles. The van der Waals surface area contributed by atoms with Crippen LogP contribution in [0.4, 0.5) is 0 Å². The molecular formula is C59H70O9. The number of carbonyl (C=O) groups excluding carboxylic acids is 2. The molecule has 0 amide bonds. The number of hydrogen-bond donors (Lipinski definition) is 2. The molecule has 0 spiro atoms. The van der Waals surface area contributed by atoms with Gasteiger partial charge in [-0.05, 0) is 103 Å². The van der Waals surface area contributed by atoms with E-state index in [-0.39, 0.29) is 44.0 Å². The van der Waals surface area contributed by atoms with Crippen LogP contribution in [0.5, 0.6) is 0 Å². The topological polar surface area (TPSA) is 129 Å². The zero-order valence-electron chi connectivity index (χ0n) is 41.3. The molecule has 0 atom stereocenters. The minimum absolute atomic E-state index is 0.0705. The summed E-state index contributed by atoms with van der Waals surface area (Å²) in [6.45, 7) is 17.8. The van der Waals surface area contributed by atoms with Crippen LogP contribution in [0.15, 0.2) is 182 Å². The molecule has 68 heavy (non-hydrogen) atoms. The Kier molecular flexibility index (Phi) is 19.6. The van der Waals surface area contributed by atoms with Crippen molar-refractivity contribution in [1.82, 2.24) is 0 Å². The average molecular weight is 923 g/mol. The molecule has 2 N–H and O–H groups in total. The number of hydrogen-bond acceptors (Lipinski definition) is 8. The summed E-state index contributed by atoms with van der Waals surface area (Å²) >= 11 is 0. The van der Waals surface area contributed by atoms with Gasteiger partial charge in [0.15, 0.2) is 0 Å². The first-order chi connectivity index (χ1) is 32.2. The highest BCUT2D eigenvalue weighted by atomic mass is 16.6. The number of aliphatic hydroxyl groups is 1. The number of benzene rings is 6. The van der Waals surface area contributed by atoms with E-state index in [0.717, 1.165) is 33.4 Å². The van der Waals surface area contributed by atoms with Gasteiger partial charge in [-0.1, -0.05) is 182 Å². The van der Waals surface area contributed by atoms with Gasteiger partial charge in [0.05, 0.1) is 48.3 Å². The highest BCUT2D eigenvalue weighted by Gasteiger charge is 2.42. The predicted octanol–water partition coefficient (Wildman–Crippen LogP) is 12.0. The first kappa shape index (κ1) is 54.2. The molecule has 9 heteroatoms. The molecule has 0 aliphatic rings. The lowest BCUT2D eigenvalue weighted by molar-refractivity contribution is -0.164.